The molecule has 0 atom stereocenters. The van der Waals surface area contributed by atoms with E-state index in [1.807, 2.05) is 36.4 Å². The molecule has 2 aromatic carbocycles. The number of nitrogens with zero attached hydrogens (tertiary/aromatic N) is 3. The monoisotopic (exact) mass is 513 g/mol. The maximum absolute atomic E-state index is 14.6. The maximum Gasteiger partial charge on any atom is 0.193 e. The van der Waals surface area contributed by atoms with E-state index < -0.39 is 0 Å². The number of nitrogens with two attached hydrogens (primary N) is 1. The van der Waals surface area contributed by atoms with Crippen molar-refractivity contribution in [2.45, 2.75) is 13.5 Å². The van der Waals surface area contributed by atoms with Crippen molar-refractivity contribution >= 4 is 41.3 Å². The van der Waals surface area contributed by atoms with Crippen molar-refractivity contribution < 1.29 is 9.13 Å². The highest BCUT2D eigenvalue weighted by molar-refractivity contribution is 14.0. The van der Waals surface area contributed by atoms with E-state index in [0.717, 1.165) is 44.0 Å². The molecule has 1 heterocycles. The molecule has 1 saturated heterocycles. The van der Waals surface area contributed by atoms with Gasteiger partial charge in [-0.1, -0.05) is 25.1 Å². The Balaban J connectivity index is 0.00000300. The number of guanidine groups is 1. The van der Waals surface area contributed by atoms with Gasteiger partial charge < -0.3 is 25.6 Å². The molecule has 1 fully saturated rings. The van der Waals surface area contributed by atoms with E-state index in [2.05, 4.69) is 27.0 Å². The summed E-state index contributed by atoms with van der Waals surface area (Å²) in [6, 6.07) is 12.7. The highest BCUT2D eigenvalue weighted by Gasteiger charge is 2.18. The number of likely N-dealkylation sites (N-methyl/N-ethyl adjacent to an activating group) is 1. The Morgan fingerprint density at radius 1 is 1.17 bits per heavy atom. The van der Waals surface area contributed by atoms with Crippen LogP contribution in [0, 0.1) is 5.82 Å². The van der Waals surface area contributed by atoms with Crippen LogP contribution >= 0.6 is 24.0 Å². The van der Waals surface area contributed by atoms with E-state index in [9.17, 15) is 4.39 Å². The standard InChI is InChI=1S/C21H28FN5O.HI/c1-3-26-10-12-27(13-11-26)19-9-8-16(14-17(19)22)15-24-21(23)25-18-6-4-5-7-20(18)28-2;/h4-9,14H,3,10-13,15H2,1-2H3,(H3,23,24,25);1H. The quantitative estimate of drug-likeness (QED) is 0.352. The molecule has 0 unspecified atom stereocenters. The average Bonchev–Trinajstić information content (AvgIpc) is 2.73. The lowest BCUT2D eigenvalue weighted by Gasteiger charge is -2.35. The van der Waals surface area contributed by atoms with E-state index >= 15 is 0 Å². The highest BCUT2D eigenvalue weighted by atomic mass is 127. The second-order valence-corrected chi connectivity index (χ2v) is 6.73. The van der Waals surface area contributed by atoms with Gasteiger partial charge in [0.05, 0.1) is 25.0 Å². The van der Waals surface area contributed by atoms with Crippen molar-refractivity contribution in [3.63, 3.8) is 0 Å². The smallest absolute Gasteiger partial charge is 0.193 e. The molecule has 1 aliphatic heterocycles. The molecule has 158 valence electrons. The summed E-state index contributed by atoms with van der Waals surface area (Å²) in [5.74, 6) is 0.720. The first kappa shape index (κ1) is 23.2. The maximum atomic E-state index is 14.6. The van der Waals surface area contributed by atoms with Gasteiger partial charge in [-0.25, -0.2) is 9.38 Å². The van der Waals surface area contributed by atoms with Gasteiger partial charge in [-0.3, -0.25) is 0 Å². The first-order valence-corrected chi connectivity index (χ1v) is 9.56. The third-order valence-electron chi connectivity index (χ3n) is 4.97. The molecule has 0 bridgehead atoms. The van der Waals surface area contributed by atoms with Crippen LogP contribution in [0.2, 0.25) is 0 Å². The number of hydrogen-bond donors (Lipinski definition) is 2. The SMILES string of the molecule is CCN1CCN(c2ccc(CN=C(N)Nc3ccccc3OC)cc2F)CC1.I. The van der Waals surface area contributed by atoms with Crippen molar-refractivity contribution in [1.82, 2.24) is 4.90 Å². The summed E-state index contributed by atoms with van der Waals surface area (Å²) in [7, 11) is 1.60. The lowest BCUT2D eigenvalue weighted by molar-refractivity contribution is 0.270. The lowest BCUT2D eigenvalue weighted by atomic mass is 10.1. The van der Waals surface area contributed by atoms with Gasteiger partial charge in [0.1, 0.15) is 11.6 Å². The number of aliphatic imine (C=N–C) groups is 1. The summed E-state index contributed by atoms with van der Waals surface area (Å²) in [6.07, 6.45) is 0. The second-order valence-electron chi connectivity index (χ2n) is 6.73. The van der Waals surface area contributed by atoms with Crippen molar-refractivity contribution in [3.05, 3.63) is 53.8 Å². The Bertz CT molecular complexity index is 824. The number of para-hydroxylation sites is 2. The molecule has 3 rings (SSSR count). The minimum Gasteiger partial charge on any atom is -0.495 e. The summed E-state index contributed by atoms with van der Waals surface area (Å²) < 4.78 is 19.9. The Morgan fingerprint density at radius 3 is 2.55 bits per heavy atom. The topological polar surface area (TPSA) is 66.1 Å². The fraction of sp³-hybridized carbons (Fsp3) is 0.381. The van der Waals surface area contributed by atoms with Gasteiger partial charge >= 0.3 is 0 Å². The van der Waals surface area contributed by atoms with E-state index in [4.69, 9.17) is 10.5 Å². The summed E-state index contributed by atoms with van der Waals surface area (Å²) in [4.78, 5) is 8.78. The molecule has 0 aliphatic carbocycles. The first-order valence-electron chi connectivity index (χ1n) is 9.56. The van der Waals surface area contributed by atoms with E-state index in [1.54, 1.807) is 13.2 Å². The largest absolute Gasteiger partial charge is 0.495 e. The van der Waals surface area contributed by atoms with Crippen LogP contribution in [-0.2, 0) is 6.54 Å². The molecule has 0 saturated carbocycles. The normalized spacial score (nSPS) is 15.0. The lowest BCUT2D eigenvalue weighted by Crippen LogP contribution is -2.46. The first-order chi connectivity index (χ1) is 13.6. The summed E-state index contributed by atoms with van der Waals surface area (Å²) in [5.41, 5.74) is 8.13. The minimum absolute atomic E-state index is 0. The molecular formula is C21H29FIN5O. The molecule has 8 heteroatoms. The third kappa shape index (κ3) is 6.20. The number of halogens is 2. The second kappa shape index (κ2) is 11.2. The van der Waals surface area contributed by atoms with Crippen molar-refractivity contribution in [2.24, 2.45) is 10.7 Å². The number of piperazine rings is 1. The molecule has 0 amide bonds. The van der Waals surface area contributed by atoms with Crippen molar-refractivity contribution in [3.8, 4) is 5.75 Å². The van der Waals surface area contributed by atoms with Crippen LogP contribution in [0.3, 0.4) is 0 Å². The van der Waals surface area contributed by atoms with Gasteiger partial charge in [0.25, 0.3) is 0 Å². The number of anilines is 2. The van der Waals surface area contributed by atoms with E-state index in [-0.39, 0.29) is 35.8 Å². The van der Waals surface area contributed by atoms with Crippen molar-refractivity contribution in [1.29, 1.82) is 0 Å². The molecule has 0 radical (unpaired) electrons. The predicted molar refractivity (Wildman–Crippen MR) is 128 cm³/mol. The van der Waals surface area contributed by atoms with Crippen LogP contribution < -0.4 is 20.7 Å². The van der Waals surface area contributed by atoms with Gasteiger partial charge in [-0.2, -0.15) is 0 Å². The Morgan fingerprint density at radius 2 is 1.90 bits per heavy atom. The highest BCUT2D eigenvalue weighted by Crippen LogP contribution is 2.24. The van der Waals surface area contributed by atoms with Gasteiger partial charge in [0.15, 0.2) is 5.96 Å². The van der Waals surface area contributed by atoms with Crippen LogP contribution in [-0.4, -0.2) is 50.7 Å². The summed E-state index contributed by atoms with van der Waals surface area (Å²) in [6.45, 7) is 7.11. The Labute approximate surface area is 188 Å². The number of hydrogen-bond acceptors (Lipinski definition) is 4. The van der Waals surface area contributed by atoms with Gasteiger partial charge in [0.2, 0.25) is 0 Å². The molecule has 3 N–H and O–H groups in total. The molecule has 1 aliphatic rings. The fourth-order valence-electron chi connectivity index (χ4n) is 3.31. The molecular weight excluding hydrogens is 484 g/mol. The number of nitrogens with one attached hydrogen (secondary N) is 1. The number of ether oxygens (including phenoxy) is 1. The van der Waals surface area contributed by atoms with E-state index in [0.29, 0.717) is 18.0 Å². The van der Waals surface area contributed by atoms with Gasteiger partial charge in [0, 0.05) is 26.2 Å². The number of benzene rings is 2. The fourth-order valence-corrected chi connectivity index (χ4v) is 3.31. The average molecular weight is 513 g/mol. The minimum atomic E-state index is -0.214. The number of methoxy groups -OCH3 is 1. The van der Waals surface area contributed by atoms with Crippen LogP contribution in [0.1, 0.15) is 12.5 Å². The summed E-state index contributed by atoms with van der Waals surface area (Å²) in [5, 5.41) is 3.02. The van der Waals surface area contributed by atoms with Crippen LogP contribution in [0.4, 0.5) is 15.8 Å². The predicted octanol–water partition coefficient (Wildman–Crippen LogP) is 3.52. The zero-order chi connectivity index (χ0) is 19.9. The molecule has 2 aromatic rings. The molecule has 0 spiro atoms. The zero-order valence-corrected chi connectivity index (χ0v) is 19.2. The number of rotatable bonds is 6. The van der Waals surface area contributed by atoms with Gasteiger partial charge in [-0.05, 0) is 36.4 Å². The van der Waals surface area contributed by atoms with Crippen molar-refractivity contribution in [2.75, 3.05) is 50.1 Å². The van der Waals surface area contributed by atoms with Crippen LogP contribution in [0.25, 0.3) is 0 Å². The molecule has 6 nitrogen and oxygen atoms in total. The Kier molecular flexibility index (Phi) is 8.97. The van der Waals surface area contributed by atoms with Gasteiger partial charge in [-0.15, -0.1) is 24.0 Å². The zero-order valence-electron chi connectivity index (χ0n) is 16.9. The van der Waals surface area contributed by atoms with Crippen LogP contribution in [0.15, 0.2) is 47.5 Å². The van der Waals surface area contributed by atoms with E-state index in [1.165, 1.54) is 0 Å². The third-order valence-corrected chi connectivity index (χ3v) is 4.97. The molecule has 29 heavy (non-hydrogen) atoms. The Hall–Kier alpha value is -2.07. The summed E-state index contributed by atoms with van der Waals surface area (Å²) >= 11 is 0. The van der Waals surface area contributed by atoms with Crippen LogP contribution in [0.5, 0.6) is 5.75 Å². The molecule has 0 aromatic heterocycles.